The molecule has 1 heterocycles. The van der Waals surface area contributed by atoms with Crippen molar-refractivity contribution in [1.29, 1.82) is 0 Å². The third-order valence-corrected chi connectivity index (χ3v) is 4.83. The van der Waals surface area contributed by atoms with Gasteiger partial charge in [-0.3, -0.25) is 0 Å². The Morgan fingerprint density at radius 3 is 2.24 bits per heavy atom. The van der Waals surface area contributed by atoms with Gasteiger partial charge in [-0.15, -0.1) is 0 Å². The van der Waals surface area contributed by atoms with Crippen molar-refractivity contribution < 1.29 is 24.8 Å². The second-order valence-corrected chi connectivity index (χ2v) is 7.47. The molecule has 7 atom stereocenters. The largest absolute Gasteiger partial charge is 0.388 e. The molecule has 0 aromatic carbocycles. The number of aliphatic hydroxyl groups excluding tert-OH is 3. The maximum absolute atomic E-state index is 9.96. The van der Waals surface area contributed by atoms with Crippen molar-refractivity contribution in [1.82, 2.24) is 0 Å². The quantitative estimate of drug-likeness (QED) is 0.715. The first-order valence-corrected chi connectivity index (χ1v) is 7.88. The summed E-state index contributed by atoms with van der Waals surface area (Å²) < 4.78 is 11.3. The third-order valence-electron chi connectivity index (χ3n) is 4.83. The van der Waals surface area contributed by atoms with Crippen molar-refractivity contribution >= 4 is 0 Å². The molecule has 3 N–H and O–H groups in total. The average molecular weight is 301 g/mol. The molecule has 1 radical (unpaired) electrons. The van der Waals surface area contributed by atoms with Gasteiger partial charge in [0.2, 0.25) is 0 Å². The number of ether oxygens (including phenoxy) is 2. The van der Waals surface area contributed by atoms with Gasteiger partial charge < -0.3 is 24.8 Å². The second kappa shape index (κ2) is 6.50. The minimum absolute atomic E-state index is 0.0714. The first kappa shape index (κ1) is 17.2. The summed E-state index contributed by atoms with van der Waals surface area (Å²) in [6, 6.07) is 0. The Bertz CT molecular complexity index is 332. The lowest BCUT2D eigenvalue weighted by Crippen LogP contribution is -2.58. The second-order valence-electron chi connectivity index (χ2n) is 7.47. The molecule has 0 aromatic rings. The highest BCUT2D eigenvalue weighted by Gasteiger charge is 2.43. The van der Waals surface area contributed by atoms with E-state index >= 15 is 0 Å². The lowest BCUT2D eigenvalue weighted by Gasteiger charge is -2.42. The molecular formula is C16H29O5. The van der Waals surface area contributed by atoms with E-state index in [1.165, 1.54) is 0 Å². The summed E-state index contributed by atoms with van der Waals surface area (Å²) in [5.74, 6) is 0.640. The highest BCUT2D eigenvalue weighted by molar-refractivity contribution is 4.93. The monoisotopic (exact) mass is 301 g/mol. The minimum atomic E-state index is -1.23. The Hall–Kier alpha value is -0.200. The zero-order chi connectivity index (χ0) is 15.8. The summed E-state index contributed by atoms with van der Waals surface area (Å²) in [6.45, 7) is 8.41. The predicted octanol–water partition coefficient (Wildman–Crippen LogP) is 1.25. The topological polar surface area (TPSA) is 79.2 Å². The smallest absolute Gasteiger partial charge is 0.186 e. The van der Waals surface area contributed by atoms with Crippen LogP contribution in [0.2, 0.25) is 0 Å². The van der Waals surface area contributed by atoms with Crippen LogP contribution in [0, 0.1) is 17.8 Å². The van der Waals surface area contributed by atoms with Gasteiger partial charge in [-0.2, -0.15) is 0 Å². The third kappa shape index (κ3) is 3.96. The molecule has 0 unspecified atom stereocenters. The van der Waals surface area contributed by atoms with Crippen LogP contribution in [-0.4, -0.2) is 52.1 Å². The molecule has 1 saturated heterocycles. The van der Waals surface area contributed by atoms with E-state index in [4.69, 9.17) is 9.47 Å². The van der Waals surface area contributed by atoms with Crippen molar-refractivity contribution in [2.45, 2.75) is 83.8 Å². The van der Waals surface area contributed by atoms with Gasteiger partial charge in [-0.05, 0) is 43.9 Å². The van der Waals surface area contributed by atoms with Crippen LogP contribution in [0.3, 0.4) is 0 Å². The van der Waals surface area contributed by atoms with Gasteiger partial charge in [-0.1, -0.05) is 20.8 Å². The minimum Gasteiger partial charge on any atom is -0.388 e. The molecule has 0 spiro atoms. The van der Waals surface area contributed by atoms with Crippen LogP contribution >= 0.6 is 0 Å². The summed E-state index contributed by atoms with van der Waals surface area (Å²) in [6.07, 6.45) is 0.0449. The number of rotatable bonds is 2. The molecule has 2 rings (SSSR count). The number of hydrogen-bond donors (Lipinski definition) is 3. The van der Waals surface area contributed by atoms with Gasteiger partial charge in [0.15, 0.2) is 6.29 Å². The van der Waals surface area contributed by atoms with Crippen LogP contribution in [0.15, 0.2) is 0 Å². The fraction of sp³-hybridized carbons (Fsp3) is 0.938. The van der Waals surface area contributed by atoms with E-state index < -0.39 is 30.7 Å². The van der Waals surface area contributed by atoms with Crippen molar-refractivity contribution in [3.8, 4) is 0 Å². The zero-order valence-corrected chi connectivity index (χ0v) is 13.4. The van der Waals surface area contributed by atoms with Gasteiger partial charge in [-0.25, -0.2) is 0 Å². The average Bonchev–Trinajstić information content (AvgIpc) is 2.42. The van der Waals surface area contributed by atoms with Crippen molar-refractivity contribution in [3.63, 3.8) is 0 Å². The van der Waals surface area contributed by atoms with Gasteiger partial charge in [0, 0.05) is 0 Å². The lowest BCUT2D eigenvalue weighted by molar-refractivity contribution is -0.302. The molecule has 1 aliphatic carbocycles. The van der Waals surface area contributed by atoms with Crippen LogP contribution in [0.1, 0.15) is 47.0 Å². The van der Waals surface area contributed by atoms with Gasteiger partial charge in [0.05, 0.1) is 12.2 Å². The summed E-state index contributed by atoms with van der Waals surface area (Å²) >= 11 is 0. The molecule has 21 heavy (non-hydrogen) atoms. The fourth-order valence-electron chi connectivity index (χ4n) is 3.13. The predicted molar refractivity (Wildman–Crippen MR) is 78.3 cm³/mol. The molecule has 2 fully saturated rings. The first-order valence-electron chi connectivity index (χ1n) is 7.88. The molecule has 0 amide bonds. The molecule has 2 aliphatic rings. The summed E-state index contributed by atoms with van der Waals surface area (Å²) in [7, 11) is 0. The Balaban J connectivity index is 1.86. The van der Waals surface area contributed by atoms with E-state index in [0.717, 1.165) is 19.3 Å². The van der Waals surface area contributed by atoms with E-state index in [9.17, 15) is 15.3 Å². The molecule has 1 saturated carbocycles. The van der Waals surface area contributed by atoms with Crippen molar-refractivity contribution in [2.24, 2.45) is 11.3 Å². The van der Waals surface area contributed by atoms with E-state index in [2.05, 4.69) is 27.2 Å². The standard InChI is InChI=1S/C16H29O5/c1-9-12(17)13(18)14(19)15(20-9)21-11-7-5-10(6-8-11)16(2,3)4/h7,9-15,17-19H,5-6,8H2,1-4H3/t9-,10-,11-,12+,13+,14-,15+/m1/s1. The van der Waals surface area contributed by atoms with E-state index in [1.54, 1.807) is 6.92 Å². The molecule has 1 aliphatic heterocycles. The zero-order valence-electron chi connectivity index (χ0n) is 13.4. The molecule has 5 nitrogen and oxygen atoms in total. The Morgan fingerprint density at radius 1 is 1.05 bits per heavy atom. The van der Waals surface area contributed by atoms with Crippen molar-refractivity contribution in [3.05, 3.63) is 6.42 Å². The van der Waals surface area contributed by atoms with Crippen molar-refractivity contribution in [2.75, 3.05) is 0 Å². The molecule has 5 heteroatoms. The molecular weight excluding hydrogens is 272 g/mol. The van der Waals surface area contributed by atoms with Gasteiger partial charge in [0.25, 0.3) is 0 Å². The highest BCUT2D eigenvalue weighted by Crippen LogP contribution is 2.38. The van der Waals surface area contributed by atoms with E-state index in [1.807, 2.05) is 0 Å². The summed E-state index contributed by atoms with van der Waals surface area (Å²) in [5.41, 5.74) is 0.289. The Labute approximate surface area is 127 Å². The number of hydrogen-bond acceptors (Lipinski definition) is 5. The first-order chi connectivity index (χ1) is 9.70. The van der Waals surface area contributed by atoms with Crippen LogP contribution < -0.4 is 0 Å². The van der Waals surface area contributed by atoms with Crippen LogP contribution in [0.25, 0.3) is 0 Å². The fourth-order valence-corrected chi connectivity index (χ4v) is 3.13. The van der Waals surface area contributed by atoms with Gasteiger partial charge >= 0.3 is 0 Å². The maximum Gasteiger partial charge on any atom is 0.186 e. The normalized spacial score (nSPS) is 45.6. The van der Waals surface area contributed by atoms with Crippen LogP contribution in [-0.2, 0) is 9.47 Å². The molecule has 0 bridgehead atoms. The Morgan fingerprint density at radius 2 is 1.71 bits per heavy atom. The summed E-state index contributed by atoms with van der Waals surface area (Å²) in [5, 5.41) is 29.4. The SMILES string of the molecule is C[C@H]1O[C@@H](O[C@@H]2[CH]C[C@@H](C(C)(C)C)CC2)[C@H](O)[C@@H](O)[C@H]1O. The van der Waals surface area contributed by atoms with Crippen LogP contribution in [0.5, 0.6) is 0 Å². The number of aliphatic hydroxyl groups is 3. The summed E-state index contributed by atoms with van der Waals surface area (Å²) in [4.78, 5) is 0. The van der Waals surface area contributed by atoms with Gasteiger partial charge in [0.1, 0.15) is 18.3 Å². The van der Waals surface area contributed by atoms with E-state index in [-0.39, 0.29) is 11.5 Å². The molecule has 123 valence electrons. The Kier molecular flexibility index (Phi) is 5.31. The maximum atomic E-state index is 9.96. The van der Waals surface area contributed by atoms with Crippen LogP contribution in [0.4, 0.5) is 0 Å². The van der Waals surface area contributed by atoms with E-state index in [0.29, 0.717) is 5.92 Å². The lowest BCUT2D eigenvalue weighted by atomic mass is 9.72. The highest BCUT2D eigenvalue weighted by atomic mass is 16.7. The molecule has 0 aromatic heterocycles.